The number of nitrogens with zero attached hydrogens (tertiary/aromatic N) is 4. The molecule has 2 N–H and O–H groups in total. The van der Waals surface area contributed by atoms with Crippen molar-refractivity contribution < 1.29 is 14.0 Å². The molecule has 2 amide bonds. The third-order valence-electron chi connectivity index (χ3n) is 3.49. The number of nitrogens with one attached hydrogen (secondary N) is 2. The van der Waals surface area contributed by atoms with Crippen molar-refractivity contribution in [3.63, 3.8) is 0 Å². The van der Waals surface area contributed by atoms with Crippen LogP contribution in [-0.2, 0) is 7.05 Å². The maximum absolute atomic E-state index is 12.3. The lowest BCUT2D eigenvalue weighted by Gasteiger charge is -2.03. The summed E-state index contributed by atoms with van der Waals surface area (Å²) >= 11 is 0. The molecule has 0 saturated heterocycles. The molecule has 0 aliphatic rings. The Morgan fingerprint density at radius 1 is 1.24 bits per heavy atom. The first-order chi connectivity index (χ1) is 11.9. The largest absolute Gasteiger partial charge is 0.459 e. The van der Waals surface area contributed by atoms with Crippen molar-refractivity contribution in [1.29, 1.82) is 0 Å². The van der Waals surface area contributed by atoms with Crippen LogP contribution >= 0.6 is 0 Å². The smallest absolute Gasteiger partial charge is 0.292 e. The minimum atomic E-state index is -0.418. The molecule has 3 rings (SSSR count). The minimum absolute atomic E-state index is 0.174. The summed E-state index contributed by atoms with van der Waals surface area (Å²) in [5.74, 6) is -0.256. The van der Waals surface area contributed by atoms with E-state index >= 15 is 0 Å². The van der Waals surface area contributed by atoms with Crippen molar-refractivity contribution in [1.82, 2.24) is 19.6 Å². The van der Waals surface area contributed by atoms with E-state index in [1.807, 2.05) is 13.8 Å². The standard InChI is InChI=1S/C16H18N6O3/c1-10(2)22-9-11(8-17-22)18-15(23)12-7-14(21(3)20-12)19-16(24)13-5-4-6-25-13/h4-10H,1-3H3,(H,18,23)(H,19,24). The highest BCUT2D eigenvalue weighted by Gasteiger charge is 2.17. The van der Waals surface area contributed by atoms with Crippen molar-refractivity contribution >= 4 is 23.3 Å². The average molecular weight is 342 g/mol. The molecule has 0 aliphatic heterocycles. The summed E-state index contributed by atoms with van der Waals surface area (Å²) in [6.07, 6.45) is 4.72. The number of amides is 2. The molecule has 0 aliphatic carbocycles. The predicted octanol–water partition coefficient (Wildman–Crippen LogP) is 2.30. The van der Waals surface area contributed by atoms with E-state index in [4.69, 9.17) is 4.42 Å². The molecule has 0 aromatic carbocycles. The van der Waals surface area contributed by atoms with Gasteiger partial charge < -0.3 is 15.1 Å². The molecule has 9 heteroatoms. The van der Waals surface area contributed by atoms with Crippen LogP contribution in [0.4, 0.5) is 11.5 Å². The van der Waals surface area contributed by atoms with Gasteiger partial charge in [-0.2, -0.15) is 10.2 Å². The molecule has 3 aromatic heterocycles. The highest BCUT2D eigenvalue weighted by atomic mass is 16.3. The van der Waals surface area contributed by atoms with Gasteiger partial charge in [0, 0.05) is 25.4 Å². The highest BCUT2D eigenvalue weighted by Crippen LogP contribution is 2.15. The van der Waals surface area contributed by atoms with E-state index < -0.39 is 11.8 Å². The molecular formula is C16H18N6O3. The zero-order chi connectivity index (χ0) is 18.0. The fourth-order valence-electron chi connectivity index (χ4n) is 2.16. The van der Waals surface area contributed by atoms with Crippen LogP contribution in [0.25, 0.3) is 0 Å². The van der Waals surface area contributed by atoms with Crippen LogP contribution < -0.4 is 10.6 Å². The number of aryl methyl sites for hydroxylation is 1. The maximum atomic E-state index is 12.3. The Balaban J connectivity index is 1.70. The van der Waals surface area contributed by atoms with Gasteiger partial charge in [-0.15, -0.1) is 0 Å². The molecule has 0 atom stereocenters. The summed E-state index contributed by atoms with van der Waals surface area (Å²) in [6.45, 7) is 3.98. The first kappa shape index (κ1) is 16.5. The van der Waals surface area contributed by atoms with E-state index in [0.717, 1.165) is 0 Å². The van der Waals surface area contributed by atoms with Crippen LogP contribution in [0.15, 0.2) is 41.3 Å². The van der Waals surface area contributed by atoms with Crippen molar-refractivity contribution in [2.24, 2.45) is 7.05 Å². The van der Waals surface area contributed by atoms with E-state index in [0.29, 0.717) is 11.5 Å². The number of furan rings is 1. The second-order valence-corrected chi connectivity index (χ2v) is 5.73. The van der Waals surface area contributed by atoms with Gasteiger partial charge in [-0.1, -0.05) is 0 Å². The van der Waals surface area contributed by atoms with Crippen molar-refractivity contribution in [3.8, 4) is 0 Å². The van der Waals surface area contributed by atoms with E-state index in [2.05, 4.69) is 20.8 Å². The summed E-state index contributed by atoms with van der Waals surface area (Å²) in [7, 11) is 1.63. The molecule has 0 saturated carbocycles. The quantitative estimate of drug-likeness (QED) is 0.740. The first-order valence-electron chi connectivity index (χ1n) is 7.68. The van der Waals surface area contributed by atoms with Crippen LogP contribution in [0, 0.1) is 0 Å². The van der Waals surface area contributed by atoms with E-state index in [-0.39, 0.29) is 17.5 Å². The molecule has 9 nitrogen and oxygen atoms in total. The summed E-state index contributed by atoms with van der Waals surface area (Å²) in [4.78, 5) is 24.3. The second-order valence-electron chi connectivity index (χ2n) is 5.73. The summed E-state index contributed by atoms with van der Waals surface area (Å²) < 4.78 is 8.18. The molecular weight excluding hydrogens is 324 g/mol. The Kier molecular flexibility index (Phi) is 4.38. The first-order valence-corrected chi connectivity index (χ1v) is 7.68. The molecule has 25 heavy (non-hydrogen) atoms. The Labute approximate surface area is 143 Å². The Bertz CT molecular complexity index is 891. The molecule has 3 aromatic rings. The third-order valence-corrected chi connectivity index (χ3v) is 3.49. The van der Waals surface area contributed by atoms with Gasteiger partial charge in [0.15, 0.2) is 11.5 Å². The minimum Gasteiger partial charge on any atom is -0.459 e. The van der Waals surface area contributed by atoms with Crippen molar-refractivity contribution in [3.05, 3.63) is 48.3 Å². The normalized spacial score (nSPS) is 10.9. The van der Waals surface area contributed by atoms with E-state index in [1.54, 1.807) is 36.3 Å². The fraction of sp³-hybridized carbons (Fsp3) is 0.250. The predicted molar refractivity (Wildman–Crippen MR) is 90.4 cm³/mol. The maximum Gasteiger partial charge on any atom is 0.292 e. The number of aromatic nitrogens is 4. The van der Waals surface area contributed by atoms with Crippen molar-refractivity contribution in [2.75, 3.05) is 10.6 Å². The van der Waals surface area contributed by atoms with Gasteiger partial charge in [-0.3, -0.25) is 19.0 Å². The lowest BCUT2D eigenvalue weighted by Crippen LogP contribution is -2.13. The van der Waals surface area contributed by atoms with Crippen LogP contribution in [0.2, 0.25) is 0 Å². The summed E-state index contributed by atoms with van der Waals surface area (Å²) in [5, 5.41) is 13.6. The van der Waals surface area contributed by atoms with Crippen LogP contribution in [0.5, 0.6) is 0 Å². The molecule has 3 heterocycles. The number of hydrogen-bond donors (Lipinski definition) is 2. The SMILES string of the molecule is CC(C)n1cc(NC(=O)c2cc(NC(=O)c3ccco3)n(C)n2)cn1. The average Bonchev–Trinajstić information content (AvgIpc) is 3.28. The van der Waals surface area contributed by atoms with E-state index in [9.17, 15) is 9.59 Å². The topological polar surface area (TPSA) is 107 Å². The summed E-state index contributed by atoms with van der Waals surface area (Å²) in [6, 6.07) is 4.85. The lowest BCUT2D eigenvalue weighted by molar-refractivity contribution is 0.0993. The Morgan fingerprint density at radius 2 is 2.04 bits per heavy atom. The van der Waals surface area contributed by atoms with Crippen LogP contribution in [0.3, 0.4) is 0 Å². The molecule has 0 unspecified atom stereocenters. The summed E-state index contributed by atoms with van der Waals surface area (Å²) in [5.41, 5.74) is 0.750. The highest BCUT2D eigenvalue weighted by molar-refractivity contribution is 6.05. The molecule has 130 valence electrons. The van der Waals surface area contributed by atoms with Gasteiger partial charge >= 0.3 is 0 Å². The van der Waals surface area contributed by atoms with Crippen LogP contribution in [-0.4, -0.2) is 31.4 Å². The zero-order valence-corrected chi connectivity index (χ0v) is 14.1. The molecule has 0 spiro atoms. The number of anilines is 2. The molecule has 0 fully saturated rings. The Hall–Kier alpha value is -3.36. The third kappa shape index (κ3) is 3.60. The number of rotatable bonds is 5. The van der Waals surface area contributed by atoms with E-state index in [1.165, 1.54) is 17.0 Å². The fourth-order valence-corrected chi connectivity index (χ4v) is 2.16. The van der Waals surface area contributed by atoms with Gasteiger partial charge in [0.05, 0.1) is 18.1 Å². The van der Waals surface area contributed by atoms with Gasteiger partial charge in [0.25, 0.3) is 11.8 Å². The number of hydrogen-bond acceptors (Lipinski definition) is 5. The Morgan fingerprint density at radius 3 is 2.68 bits per heavy atom. The number of carbonyl (C=O) groups excluding carboxylic acids is 2. The molecule has 0 bridgehead atoms. The van der Waals surface area contributed by atoms with Gasteiger partial charge in [-0.05, 0) is 26.0 Å². The van der Waals surface area contributed by atoms with Gasteiger partial charge in [-0.25, -0.2) is 0 Å². The van der Waals surface area contributed by atoms with Crippen LogP contribution in [0.1, 0.15) is 40.9 Å². The van der Waals surface area contributed by atoms with Crippen molar-refractivity contribution in [2.45, 2.75) is 19.9 Å². The van der Waals surface area contributed by atoms with Gasteiger partial charge in [0.2, 0.25) is 0 Å². The second kappa shape index (κ2) is 6.63. The number of carbonyl (C=O) groups is 2. The monoisotopic (exact) mass is 342 g/mol. The lowest BCUT2D eigenvalue weighted by atomic mass is 10.3. The zero-order valence-electron chi connectivity index (χ0n) is 14.1. The van der Waals surface area contributed by atoms with Gasteiger partial charge in [0.1, 0.15) is 5.82 Å². The molecule has 0 radical (unpaired) electrons.